The van der Waals surface area contributed by atoms with Crippen LogP contribution >= 0.6 is 0 Å². The fraction of sp³-hybridized carbons (Fsp3) is 0.0909. The van der Waals surface area contributed by atoms with E-state index in [1.54, 1.807) is 12.1 Å². The Morgan fingerprint density at radius 2 is 1.86 bits per heavy atom. The molecule has 0 aliphatic heterocycles. The lowest BCUT2D eigenvalue weighted by molar-refractivity contribution is 0.554. The maximum absolute atomic E-state index is 12.7. The van der Waals surface area contributed by atoms with Crippen molar-refractivity contribution in [3.63, 3.8) is 0 Å². The van der Waals surface area contributed by atoms with Gasteiger partial charge in [0.05, 0.1) is 0 Å². The topological polar surface area (TPSA) is 39.2 Å². The Balaban J connectivity index is 2.49. The number of furan rings is 1. The molecule has 2 aromatic rings. The van der Waals surface area contributed by atoms with Gasteiger partial charge in [-0.15, -0.1) is 0 Å². The standard InChI is InChI=1S/C11H10FNO/c1-7-6-10(11(13)14-7)8-2-4-9(12)5-3-8/h2-6H,13H2,1H3. The van der Waals surface area contributed by atoms with Crippen LogP contribution < -0.4 is 5.73 Å². The Kier molecular flexibility index (Phi) is 2.00. The van der Waals surface area contributed by atoms with Crippen LogP contribution in [0.3, 0.4) is 0 Å². The van der Waals surface area contributed by atoms with Crippen LogP contribution in [-0.4, -0.2) is 0 Å². The number of halogens is 1. The Morgan fingerprint density at radius 3 is 2.36 bits per heavy atom. The molecule has 0 spiro atoms. The zero-order valence-corrected chi connectivity index (χ0v) is 7.75. The molecule has 0 aliphatic carbocycles. The summed E-state index contributed by atoms with van der Waals surface area (Å²) in [7, 11) is 0. The highest BCUT2D eigenvalue weighted by atomic mass is 19.1. The molecule has 0 fully saturated rings. The maximum Gasteiger partial charge on any atom is 0.198 e. The highest BCUT2D eigenvalue weighted by Gasteiger charge is 2.07. The van der Waals surface area contributed by atoms with E-state index in [4.69, 9.17) is 10.2 Å². The molecule has 3 heteroatoms. The van der Waals surface area contributed by atoms with E-state index in [9.17, 15) is 4.39 Å². The highest BCUT2D eigenvalue weighted by molar-refractivity contribution is 5.73. The Morgan fingerprint density at radius 1 is 1.21 bits per heavy atom. The number of nitrogens with two attached hydrogens (primary N) is 1. The van der Waals surface area contributed by atoms with E-state index in [2.05, 4.69) is 0 Å². The SMILES string of the molecule is Cc1cc(-c2ccc(F)cc2)c(N)o1. The maximum atomic E-state index is 12.7. The summed E-state index contributed by atoms with van der Waals surface area (Å²) in [6.07, 6.45) is 0. The normalized spacial score (nSPS) is 10.4. The second-order valence-electron chi connectivity index (χ2n) is 3.14. The number of aryl methyl sites for hydroxylation is 1. The molecule has 0 aliphatic rings. The summed E-state index contributed by atoms with van der Waals surface area (Å²) in [6.45, 7) is 1.82. The summed E-state index contributed by atoms with van der Waals surface area (Å²) >= 11 is 0. The minimum Gasteiger partial charge on any atom is -0.446 e. The number of anilines is 1. The van der Waals surface area contributed by atoms with Crippen LogP contribution in [0.1, 0.15) is 5.76 Å². The molecule has 2 N–H and O–H groups in total. The van der Waals surface area contributed by atoms with E-state index in [-0.39, 0.29) is 5.82 Å². The van der Waals surface area contributed by atoms with Crippen molar-refractivity contribution in [2.24, 2.45) is 0 Å². The van der Waals surface area contributed by atoms with Crippen LogP contribution in [0.5, 0.6) is 0 Å². The average Bonchev–Trinajstić information content (AvgIpc) is 2.47. The monoisotopic (exact) mass is 191 g/mol. The predicted molar refractivity (Wildman–Crippen MR) is 53.3 cm³/mol. The van der Waals surface area contributed by atoms with Gasteiger partial charge in [-0.3, -0.25) is 0 Å². The fourth-order valence-corrected chi connectivity index (χ4v) is 1.39. The van der Waals surface area contributed by atoms with Crippen molar-refractivity contribution < 1.29 is 8.81 Å². The smallest absolute Gasteiger partial charge is 0.198 e. The van der Waals surface area contributed by atoms with Gasteiger partial charge >= 0.3 is 0 Å². The fourth-order valence-electron chi connectivity index (χ4n) is 1.39. The van der Waals surface area contributed by atoms with Crippen molar-refractivity contribution in [2.45, 2.75) is 6.92 Å². The van der Waals surface area contributed by atoms with Gasteiger partial charge in [-0.1, -0.05) is 12.1 Å². The first-order valence-corrected chi connectivity index (χ1v) is 4.28. The molecule has 0 amide bonds. The molecule has 2 rings (SSSR count). The van der Waals surface area contributed by atoms with Crippen LogP contribution in [0.15, 0.2) is 34.7 Å². The van der Waals surface area contributed by atoms with E-state index >= 15 is 0 Å². The number of hydrogen-bond donors (Lipinski definition) is 1. The minimum atomic E-state index is -0.257. The van der Waals surface area contributed by atoms with Gasteiger partial charge in [0.15, 0.2) is 5.88 Å². The van der Waals surface area contributed by atoms with Gasteiger partial charge in [-0.2, -0.15) is 0 Å². The molecule has 72 valence electrons. The number of benzene rings is 1. The lowest BCUT2D eigenvalue weighted by atomic mass is 10.1. The van der Waals surface area contributed by atoms with E-state index in [0.717, 1.165) is 16.9 Å². The Bertz CT molecular complexity index is 445. The largest absolute Gasteiger partial charge is 0.446 e. The van der Waals surface area contributed by atoms with Crippen molar-refractivity contribution in [3.8, 4) is 11.1 Å². The number of hydrogen-bond acceptors (Lipinski definition) is 2. The van der Waals surface area contributed by atoms with Crippen LogP contribution in [0.2, 0.25) is 0 Å². The van der Waals surface area contributed by atoms with Crippen LogP contribution in [0, 0.1) is 12.7 Å². The van der Waals surface area contributed by atoms with Gasteiger partial charge in [0, 0.05) is 5.56 Å². The molecule has 0 bridgehead atoms. The molecule has 2 nitrogen and oxygen atoms in total. The molecule has 0 saturated carbocycles. The quantitative estimate of drug-likeness (QED) is 0.752. The Hall–Kier alpha value is -1.77. The highest BCUT2D eigenvalue weighted by Crippen LogP contribution is 2.28. The molecule has 0 radical (unpaired) electrons. The summed E-state index contributed by atoms with van der Waals surface area (Å²) in [6, 6.07) is 7.99. The summed E-state index contributed by atoms with van der Waals surface area (Å²) in [5.41, 5.74) is 7.32. The molecule has 14 heavy (non-hydrogen) atoms. The molecule has 0 saturated heterocycles. The molecular weight excluding hydrogens is 181 g/mol. The van der Waals surface area contributed by atoms with E-state index in [0.29, 0.717) is 5.88 Å². The van der Waals surface area contributed by atoms with Crippen molar-refractivity contribution in [2.75, 3.05) is 5.73 Å². The van der Waals surface area contributed by atoms with Crippen molar-refractivity contribution in [1.29, 1.82) is 0 Å². The van der Waals surface area contributed by atoms with Crippen molar-refractivity contribution >= 4 is 5.88 Å². The lowest BCUT2D eigenvalue weighted by Gasteiger charge is -1.97. The Labute approximate surface area is 81.2 Å². The van der Waals surface area contributed by atoms with Crippen LogP contribution in [0.25, 0.3) is 11.1 Å². The van der Waals surface area contributed by atoms with E-state index in [1.165, 1.54) is 12.1 Å². The van der Waals surface area contributed by atoms with E-state index < -0.39 is 0 Å². The van der Waals surface area contributed by atoms with Crippen molar-refractivity contribution in [1.82, 2.24) is 0 Å². The van der Waals surface area contributed by atoms with Gasteiger partial charge in [0.25, 0.3) is 0 Å². The third-order valence-corrected chi connectivity index (χ3v) is 2.04. The van der Waals surface area contributed by atoms with Gasteiger partial charge < -0.3 is 10.2 Å². The molecular formula is C11H10FNO. The third kappa shape index (κ3) is 1.48. The molecule has 0 unspecified atom stereocenters. The summed E-state index contributed by atoms with van der Waals surface area (Å²) in [5, 5.41) is 0. The molecule has 0 atom stereocenters. The van der Waals surface area contributed by atoms with Gasteiger partial charge in [-0.25, -0.2) is 4.39 Å². The molecule has 1 aromatic heterocycles. The number of rotatable bonds is 1. The zero-order valence-electron chi connectivity index (χ0n) is 7.75. The number of nitrogen functional groups attached to an aromatic ring is 1. The van der Waals surface area contributed by atoms with Gasteiger partial charge in [0.2, 0.25) is 0 Å². The summed E-state index contributed by atoms with van der Waals surface area (Å²) in [5.74, 6) is 0.864. The first kappa shape index (κ1) is 8.81. The average molecular weight is 191 g/mol. The first-order valence-electron chi connectivity index (χ1n) is 4.28. The summed E-state index contributed by atoms with van der Waals surface area (Å²) < 4.78 is 17.8. The van der Waals surface area contributed by atoms with Crippen molar-refractivity contribution in [3.05, 3.63) is 41.9 Å². The predicted octanol–water partition coefficient (Wildman–Crippen LogP) is 2.98. The molecule has 1 heterocycles. The third-order valence-electron chi connectivity index (χ3n) is 2.04. The first-order chi connectivity index (χ1) is 6.66. The minimum absolute atomic E-state index is 0.257. The van der Waals surface area contributed by atoms with E-state index in [1.807, 2.05) is 13.0 Å². The van der Waals surface area contributed by atoms with Gasteiger partial charge in [0.1, 0.15) is 11.6 Å². The lowest BCUT2D eigenvalue weighted by Crippen LogP contribution is -1.84. The molecule has 1 aromatic carbocycles. The summed E-state index contributed by atoms with van der Waals surface area (Å²) in [4.78, 5) is 0. The van der Waals surface area contributed by atoms with Crippen LogP contribution in [-0.2, 0) is 0 Å². The zero-order chi connectivity index (χ0) is 10.1. The second kappa shape index (κ2) is 3.18. The van der Waals surface area contributed by atoms with Crippen LogP contribution in [0.4, 0.5) is 10.3 Å². The van der Waals surface area contributed by atoms with Gasteiger partial charge in [-0.05, 0) is 30.7 Å². The second-order valence-corrected chi connectivity index (χ2v) is 3.14.